The first-order valence-corrected chi connectivity index (χ1v) is 4.39. The molecule has 0 aromatic heterocycles. The lowest BCUT2D eigenvalue weighted by Crippen LogP contribution is -2.35. The van der Waals surface area contributed by atoms with Crippen molar-refractivity contribution in [2.45, 2.75) is 32.2 Å². The molecule has 0 amide bonds. The Balaban J connectivity index is 2.17. The molecule has 0 spiro atoms. The second-order valence-electron chi connectivity index (χ2n) is 4.26. The van der Waals surface area contributed by atoms with E-state index in [1.165, 1.54) is 19.4 Å². The summed E-state index contributed by atoms with van der Waals surface area (Å²) in [5.74, 6) is 1.92. The molecule has 2 rings (SSSR count). The maximum Gasteiger partial charge on any atom is 0.0262 e. The first-order valence-electron chi connectivity index (χ1n) is 4.39. The van der Waals surface area contributed by atoms with E-state index in [9.17, 15) is 0 Å². The highest BCUT2D eigenvalue weighted by molar-refractivity contribution is 5.16. The van der Waals surface area contributed by atoms with Crippen molar-refractivity contribution < 1.29 is 0 Å². The van der Waals surface area contributed by atoms with E-state index < -0.39 is 0 Å². The summed E-state index contributed by atoms with van der Waals surface area (Å²) in [5.41, 5.74) is 0.653. The van der Waals surface area contributed by atoms with Gasteiger partial charge in [0.15, 0.2) is 0 Å². The molecular weight excluding hydrogens is 122 g/mol. The molecule has 2 atom stereocenters. The molecular formula is C9H17N. The monoisotopic (exact) mass is 139 g/mol. The van der Waals surface area contributed by atoms with Crippen LogP contribution in [0.5, 0.6) is 0 Å². The van der Waals surface area contributed by atoms with Crippen molar-refractivity contribution in [3.8, 4) is 0 Å². The molecule has 2 fully saturated rings. The van der Waals surface area contributed by atoms with Crippen molar-refractivity contribution in [3.05, 3.63) is 0 Å². The van der Waals surface area contributed by atoms with Crippen LogP contribution in [0.15, 0.2) is 0 Å². The van der Waals surface area contributed by atoms with Gasteiger partial charge >= 0.3 is 0 Å². The van der Waals surface area contributed by atoms with Gasteiger partial charge in [0.2, 0.25) is 0 Å². The van der Waals surface area contributed by atoms with Gasteiger partial charge in [-0.1, -0.05) is 13.8 Å². The van der Waals surface area contributed by atoms with Crippen LogP contribution in [0, 0.1) is 11.8 Å². The van der Waals surface area contributed by atoms with Crippen LogP contribution in [0.3, 0.4) is 0 Å². The third-order valence-corrected chi connectivity index (χ3v) is 3.64. The van der Waals surface area contributed by atoms with E-state index in [4.69, 9.17) is 0 Å². The summed E-state index contributed by atoms with van der Waals surface area (Å²) in [7, 11) is 2.28. The van der Waals surface area contributed by atoms with Crippen molar-refractivity contribution in [1.29, 1.82) is 0 Å². The molecule has 1 saturated carbocycles. The van der Waals surface area contributed by atoms with Gasteiger partial charge in [0.05, 0.1) is 0 Å². The molecule has 0 bridgehead atoms. The Morgan fingerprint density at radius 1 is 1.50 bits per heavy atom. The maximum atomic E-state index is 2.57. The average molecular weight is 139 g/mol. The van der Waals surface area contributed by atoms with Gasteiger partial charge in [-0.05, 0) is 38.3 Å². The minimum atomic E-state index is 0.653. The molecule has 2 aliphatic rings. The molecule has 1 heterocycles. The van der Waals surface area contributed by atoms with Gasteiger partial charge in [0.1, 0.15) is 0 Å². The summed E-state index contributed by atoms with van der Waals surface area (Å²) in [6, 6.07) is 0. The van der Waals surface area contributed by atoms with Crippen LogP contribution in [0.2, 0.25) is 0 Å². The zero-order chi connectivity index (χ0) is 7.35. The normalized spacial score (nSPS) is 46.2. The molecule has 0 N–H and O–H groups in total. The third kappa shape index (κ3) is 0.572. The highest BCUT2D eigenvalue weighted by atomic mass is 15.3. The summed E-state index contributed by atoms with van der Waals surface area (Å²) in [4.78, 5) is 2.57. The van der Waals surface area contributed by atoms with Gasteiger partial charge in [-0.3, -0.25) is 0 Å². The standard InChI is InChI=1S/C9H17N/c1-7(2)9-6-8(9)4-5-10(9)3/h7-8H,4-6H2,1-3H3/t8?,9-/m1/s1. The lowest BCUT2D eigenvalue weighted by atomic mass is 10.00. The Labute approximate surface area is 63.4 Å². The fourth-order valence-corrected chi connectivity index (χ4v) is 2.86. The quantitative estimate of drug-likeness (QED) is 0.535. The fraction of sp³-hybridized carbons (Fsp3) is 1.00. The van der Waals surface area contributed by atoms with Crippen LogP contribution in [0.25, 0.3) is 0 Å². The van der Waals surface area contributed by atoms with Crippen molar-refractivity contribution in [1.82, 2.24) is 4.90 Å². The van der Waals surface area contributed by atoms with Crippen LogP contribution in [0.1, 0.15) is 26.7 Å². The zero-order valence-electron chi connectivity index (χ0n) is 7.22. The molecule has 1 aliphatic carbocycles. The second-order valence-corrected chi connectivity index (χ2v) is 4.26. The van der Waals surface area contributed by atoms with Crippen LogP contribution in [-0.4, -0.2) is 24.0 Å². The smallest absolute Gasteiger partial charge is 0.0262 e. The fourth-order valence-electron chi connectivity index (χ4n) is 2.86. The van der Waals surface area contributed by atoms with Crippen molar-refractivity contribution in [2.75, 3.05) is 13.6 Å². The number of hydrogen-bond acceptors (Lipinski definition) is 1. The van der Waals surface area contributed by atoms with E-state index >= 15 is 0 Å². The van der Waals surface area contributed by atoms with Crippen LogP contribution in [0.4, 0.5) is 0 Å². The summed E-state index contributed by atoms with van der Waals surface area (Å²) < 4.78 is 0. The Bertz CT molecular complexity index is 149. The Kier molecular flexibility index (Phi) is 1.17. The highest BCUT2D eigenvalue weighted by Gasteiger charge is 2.61. The predicted octanol–water partition coefficient (Wildman–Crippen LogP) is 1.74. The molecule has 0 aromatic carbocycles. The number of rotatable bonds is 1. The molecule has 1 saturated heterocycles. The molecule has 1 nitrogen and oxygen atoms in total. The van der Waals surface area contributed by atoms with E-state index in [0.717, 1.165) is 11.8 Å². The van der Waals surface area contributed by atoms with Gasteiger partial charge < -0.3 is 4.90 Å². The number of nitrogens with zero attached hydrogens (tertiary/aromatic N) is 1. The highest BCUT2D eigenvalue weighted by Crippen LogP contribution is 2.58. The van der Waals surface area contributed by atoms with Gasteiger partial charge in [0.25, 0.3) is 0 Å². The van der Waals surface area contributed by atoms with Crippen LogP contribution >= 0.6 is 0 Å². The van der Waals surface area contributed by atoms with E-state index in [0.29, 0.717) is 5.54 Å². The summed E-state index contributed by atoms with van der Waals surface area (Å²) >= 11 is 0. The SMILES string of the molecule is CC(C)[C@]12CC1CCN2C. The topological polar surface area (TPSA) is 3.24 Å². The molecule has 1 aliphatic heterocycles. The van der Waals surface area contributed by atoms with Gasteiger partial charge in [-0.15, -0.1) is 0 Å². The van der Waals surface area contributed by atoms with Gasteiger partial charge in [-0.25, -0.2) is 0 Å². The maximum absolute atomic E-state index is 2.57. The number of fused-ring (bicyclic) bond motifs is 1. The largest absolute Gasteiger partial charge is 0.300 e. The van der Waals surface area contributed by atoms with E-state index in [1.807, 2.05) is 0 Å². The molecule has 0 radical (unpaired) electrons. The minimum Gasteiger partial charge on any atom is -0.300 e. The summed E-state index contributed by atoms with van der Waals surface area (Å²) in [5, 5.41) is 0. The molecule has 58 valence electrons. The second kappa shape index (κ2) is 1.76. The first kappa shape index (κ1) is 6.66. The van der Waals surface area contributed by atoms with Crippen molar-refractivity contribution in [3.63, 3.8) is 0 Å². The lowest BCUT2D eigenvalue weighted by Gasteiger charge is -2.27. The van der Waals surface area contributed by atoms with E-state index in [2.05, 4.69) is 25.8 Å². The number of hydrogen-bond donors (Lipinski definition) is 0. The average Bonchev–Trinajstić information content (AvgIpc) is 2.52. The van der Waals surface area contributed by atoms with Crippen molar-refractivity contribution in [2.24, 2.45) is 11.8 Å². The van der Waals surface area contributed by atoms with Gasteiger partial charge in [-0.2, -0.15) is 0 Å². The van der Waals surface area contributed by atoms with Gasteiger partial charge in [0, 0.05) is 5.54 Å². The number of piperidine rings is 1. The Morgan fingerprint density at radius 2 is 2.20 bits per heavy atom. The molecule has 1 heteroatoms. The van der Waals surface area contributed by atoms with Crippen molar-refractivity contribution >= 4 is 0 Å². The third-order valence-electron chi connectivity index (χ3n) is 3.64. The summed E-state index contributed by atoms with van der Waals surface area (Å²) in [6.07, 6.45) is 2.93. The van der Waals surface area contributed by atoms with E-state index in [-0.39, 0.29) is 0 Å². The zero-order valence-corrected chi connectivity index (χ0v) is 7.22. The summed E-state index contributed by atoms with van der Waals surface area (Å²) in [6.45, 7) is 6.06. The molecule has 10 heavy (non-hydrogen) atoms. The predicted molar refractivity (Wildman–Crippen MR) is 42.9 cm³/mol. The Morgan fingerprint density at radius 3 is 2.40 bits per heavy atom. The lowest BCUT2D eigenvalue weighted by molar-refractivity contribution is 0.201. The van der Waals surface area contributed by atoms with E-state index in [1.54, 1.807) is 0 Å². The first-order chi connectivity index (χ1) is 4.68. The molecule has 1 unspecified atom stereocenters. The van der Waals surface area contributed by atoms with Crippen LogP contribution < -0.4 is 0 Å². The van der Waals surface area contributed by atoms with Crippen LogP contribution in [-0.2, 0) is 0 Å². The molecule has 0 aromatic rings. The Hall–Kier alpha value is -0.0400. The minimum absolute atomic E-state index is 0.653. The number of likely N-dealkylation sites (tertiary alicyclic amines) is 1.